The second kappa shape index (κ2) is 7.50. The molecule has 8 heteroatoms. The molecule has 2 fully saturated rings. The predicted octanol–water partition coefficient (Wildman–Crippen LogP) is 1.97. The van der Waals surface area contributed by atoms with Crippen LogP contribution in [0.3, 0.4) is 0 Å². The molecule has 0 N–H and O–H groups in total. The van der Waals surface area contributed by atoms with E-state index in [0.29, 0.717) is 18.8 Å². The third kappa shape index (κ3) is 3.89. The van der Waals surface area contributed by atoms with Crippen LogP contribution in [0.2, 0.25) is 0 Å². The number of carbonyl (C=O) groups is 2. The van der Waals surface area contributed by atoms with Gasteiger partial charge >= 0.3 is 5.97 Å². The number of hydrogen-bond acceptors (Lipinski definition) is 6. The Morgan fingerprint density at radius 1 is 1.08 bits per heavy atom. The van der Waals surface area contributed by atoms with Gasteiger partial charge in [-0.1, -0.05) is 0 Å². The number of likely N-dealkylation sites (tertiary alicyclic amines) is 1. The van der Waals surface area contributed by atoms with Crippen LogP contribution in [0.4, 0.5) is 11.4 Å². The van der Waals surface area contributed by atoms with Gasteiger partial charge in [0, 0.05) is 32.2 Å². The maximum Gasteiger partial charge on any atom is 0.338 e. The SMILES string of the molecule is O=C(OCC(=O)N1CCCC1)c1ccc(N2CCCC2)c([N+](=O)[O-])c1. The molecule has 134 valence electrons. The van der Waals surface area contributed by atoms with E-state index in [1.54, 1.807) is 11.0 Å². The predicted molar refractivity (Wildman–Crippen MR) is 90.6 cm³/mol. The number of nitrogens with zero attached hydrogens (tertiary/aromatic N) is 3. The summed E-state index contributed by atoms with van der Waals surface area (Å²) in [4.78, 5) is 38.5. The first-order valence-electron chi connectivity index (χ1n) is 8.54. The molecule has 1 aromatic rings. The number of hydrogen-bond donors (Lipinski definition) is 0. The van der Waals surface area contributed by atoms with Gasteiger partial charge in [0.2, 0.25) is 0 Å². The highest BCUT2D eigenvalue weighted by Crippen LogP contribution is 2.31. The summed E-state index contributed by atoms with van der Waals surface area (Å²) in [6, 6.07) is 4.34. The lowest BCUT2D eigenvalue weighted by atomic mass is 10.1. The summed E-state index contributed by atoms with van der Waals surface area (Å²) in [6.07, 6.45) is 3.92. The van der Waals surface area contributed by atoms with Crippen molar-refractivity contribution in [3.05, 3.63) is 33.9 Å². The van der Waals surface area contributed by atoms with Crippen LogP contribution in [0.1, 0.15) is 36.0 Å². The van der Waals surface area contributed by atoms with E-state index in [-0.39, 0.29) is 23.8 Å². The van der Waals surface area contributed by atoms with Crippen molar-refractivity contribution in [2.24, 2.45) is 0 Å². The van der Waals surface area contributed by atoms with Gasteiger partial charge in [0.15, 0.2) is 6.61 Å². The van der Waals surface area contributed by atoms with E-state index in [1.807, 2.05) is 4.90 Å². The topological polar surface area (TPSA) is 93.0 Å². The molecule has 2 saturated heterocycles. The molecule has 25 heavy (non-hydrogen) atoms. The molecule has 2 aliphatic rings. The summed E-state index contributed by atoms with van der Waals surface area (Å²) in [7, 11) is 0. The van der Waals surface area contributed by atoms with Gasteiger partial charge in [0.1, 0.15) is 5.69 Å². The Balaban J connectivity index is 1.68. The number of nitro groups is 1. The van der Waals surface area contributed by atoms with E-state index in [2.05, 4.69) is 0 Å². The van der Waals surface area contributed by atoms with Crippen LogP contribution in [0.15, 0.2) is 18.2 Å². The smallest absolute Gasteiger partial charge is 0.338 e. The number of carbonyl (C=O) groups excluding carboxylic acids is 2. The largest absolute Gasteiger partial charge is 0.452 e. The number of esters is 1. The minimum absolute atomic E-state index is 0.0869. The Morgan fingerprint density at radius 3 is 2.36 bits per heavy atom. The normalized spacial score (nSPS) is 17.0. The molecule has 1 aromatic carbocycles. The van der Waals surface area contributed by atoms with Gasteiger partial charge in [0.05, 0.1) is 10.5 Å². The van der Waals surface area contributed by atoms with Crippen LogP contribution in [0.5, 0.6) is 0 Å². The van der Waals surface area contributed by atoms with E-state index < -0.39 is 10.9 Å². The molecule has 0 bridgehead atoms. The van der Waals surface area contributed by atoms with Crippen molar-refractivity contribution in [2.45, 2.75) is 25.7 Å². The number of anilines is 1. The van der Waals surface area contributed by atoms with Crippen molar-refractivity contribution >= 4 is 23.3 Å². The fraction of sp³-hybridized carbons (Fsp3) is 0.529. The lowest BCUT2D eigenvalue weighted by Gasteiger charge is -2.18. The molecule has 2 aliphatic heterocycles. The van der Waals surface area contributed by atoms with E-state index >= 15 is 0 Å². The van der Waals surface area contributed by atoms with Crippen LogP contribution in [-0.2, 0) is 9.53 Å². The summed E-state index contributed by atoms with van der Waals surface area (Å²) in [6.45, 7) is 2.59. The van der Waals surface area contributed by atoms with Crippen molar-refractivity contribution in [1.82, 2.24) is 4.90 Å². The van der Waals surface area contributed by atoms with E-state index in [0.717, 1.165) is 38.8 Å². The van der Waals surface area contributed by atoms with Gasteiger partial charge in [-0.05, 0) is 37.8 Å². The summed E-state index contributed by atoms with van der Waals surface area (Å²) in [5.41, 5.74) is 0.498. The van der Waals surface area contributed by atoms with Crippen LogP contribution in [0, 0.1) is 10.1 Å². The molecular weight excluding hydrogens is 326 g/mol. The standard InChI is InChI=1S/C17H21N3O5/c21-16(19-9-3-4-10-19)12-25-17(22)13-5-6-14(15(11-13)20(23)24)18-7-1-2-8-18/h5-6,11H,1-4,7-10,12H2. The molecule has 0 saturated carbocycles. The molecule has 0 spiro atoms. The molecule has 0 aromatic heterocycles. The molecule has 8 nitrogen and oxygen atoms in total. The third-order valence-corrected chi connectivity index (χ3v) is 4.64. The maximum absolute atomic E-state index is 12.1. The highest BCUT2D eigenvalue weighted by molar-refractivity contribution is 5.93. The fourth-order valence-electron chi connectivity index (χ4n) is 3.29. The van der Waals surface area contributed by atoms with Crippen molar-refractivity contribution < 1.29 is 19.2 Å². The van der Waals surface area contributed by atoms with Gasteiger partial charge in [0.25, 0.3) is 11.6 Å². The Morgan fingerprint density at radius 2 is 1.72 bits per heavy atom. The average molecular weight is 347 g/mol. The zero-order valence-corrected chi connectivity index (χ0v) is 14.0. The zero-order chi connectivity index (χ0) is 17.8. The molecule has 3 rings (SSSR count). The molecule has 0 radical (unpaired) electrons. The van der Waals surface area contributed by atoms with Gasteiger partial charge in [-0.2, -0.15) is 0 Å². The minimum Gasteiger partial charge on any atom is -0.452 e. The first kappa shape index (κ1) is 17.2. The monoisotopic (exact) mass is 347 g/mol. The first-order valence-corrected chi connectivity index (χ1v) is 8.54. The van der Waals surface area contributed by atoms with Crippen LogP contribution in [-0.4, -0.2) is 54.5 Å². The summed E-state index contributed by atoms with van der Waals surface area (Å²) < 4.78 is 5.04. The van der Waals surface area contributed by atoms with Gasteiger partial charge in [-0.3, -0.25) is 14.9 Å². The number of nitro benzene ring substituents is 1. The van der Waals surface area contributed by atoms with Gasteiger partial charge in [-0.25, -0.2) is 4.79 Å². The highest BCUT2D eigenvalue weighted by atomic mass is 16.6. The minimum atomic E-state index is -0.719. The first-order chi connectivity index (χ1) is 12.1. The van der Waals surface area contributed by atoms with Crippen molar-refractivity contribution in [3.8, 4) is 0 Å². The second-order valence-corrected chi connectivity index (χ2v) is 6.32. The lowest BCUT2D eigenvalue weighted by molar-refractivity contribution is -0.384. The summed E-state index contributed by atoms with van der Waals surface area (Å²) in [5, 5.41) is 11.4. The maximum atomic E-state index is 12.1. The lowest BCUT2D eigenvalue weighted by Crippen LogP contribution is -2.32. The Hall–Kier alpha value is -2.64. The van der Waals surface area contributed by atoms with Crippen LogP contribution >= 0.6 is 0 Å². The molecule has 0 atom stereocenters. The Labute approximate surface area is 145 Å². The molecule has 1 amide bonds. The molecule has 0 unspecified atom stereocenters. The Bertz CT molecular complexity index is 679. The van der Waals surface area contributed by atoms with Crippen molar-refractivity contribution in [3.63, 3.8) is 0 Å². The van der Waals surface area contributed by atoms with Crippen molar-refractivity contribution in [2.75, 3.05) is 37.7 Å². The zero-order valence-electron chi connectivity index (χ0n) is 14.0. The van der Waals surface area contributed by atoms with Gasteiger partial charge < -0.3 is 14.5 Å². The fourth-order valence-corrected chi connectivity index (χ4v) is 3.29. The number of amides is 1. The molecule has 0 aliphatic carbocycles. The average Bonchev–Trinajstić information content (AvgIpc) is 3.32. The van der Waals surface area contributed by atoms with E-state index in [1.165, 1.54) is 12.1 Å². The summed E-state index contributed by atoms with van der Waals surface area (Å²) >= 11 is 0. The number of rotatable bonds is 5. The van der Waals surface area contributed by atoms with Crippen LogP contribution in [0.25, 0.3) is 0 Å². The molecule has 2 heterocycles. The van der Waals surface area contributed by atoms with E-state index in [9.17, 15) is 19.7 Å². The number of benzene rings is 1. The molecular formula is C17H21N3O5. The third-order valence-electron chi connectivity index (χ3n) is 4.64. The summed E-state index contributed by atoms with van der Waals surface area (Å²) in [5.74, 6) is -0.947. The van der Waals surface area contributed by atoms with Crippen molar-refractivity contribution in [1.29, 1.82) is 0 Å². The Kier molecular flexibility index (Phi) is 5.16. The number of ether oxygens (including phenoxy) is 1. The second-order valence-electron chi connectivity index (χ2n) is 6.32. The van der Waals surface area contributed by atoms with Crippen LogP contribution < -0.4 is 4.90 Å². The van der Waals surface area contributed by atoms with Gasteiger partial charge in [-0.15, -0.1) is 0 Å². The highest BCUT2D eigenvalue weighted by Gasteiger charge is 2.25. The van der Waals surface area contributed by atoms with E-state index in [4.69, 9.17) is 4.74 Å². The quantitative estimate of drug-likeness (QED) is 0.459.